The summed E-state index contributed by atoms with van der Waals surface area (Å²) in [5.41, 5.74) is 2.05. The third-order valence-electron chi connectivity index (χ3n) is 3.76. The lowest BCUT2D eigenvalue weighted by Gasteiger charge is -2.30. The van der Waals surface area contributed by atoms with Gasteiger partial charge >= 0.3 is 0 Å². The maximum Gasteiger partial charge on any atom is 0.266 e. The maximum atomic E-state index is 12.7. The number of benzene rings is 1. The van der Waals surface area contributed by atoms with Crippen LogP contribution in [-0.2, 0) is 11.2 Å². The molecule has 1 saturated heterocycles. The fraction of sp³-hybridized carbons (Fsp3) is 0.412. The van der Waals surface area contributed by atoms with Crippen LogP contribution in [-0.4, -0.2) is 41.6 Å². The molecule has 0 saturated carbocycles. The molecule has 1 atom stereocenters. The molecule has 1 fully saturated rings. The second-order valence-corrected chi connectivity index (χ2v) is 6.70. The highest BCUT2D eigenvalue weighted by atomic mass is 32.1. The standard InChI is InChI=1S/C17H20N2O2S/c1-12-11-19(8-9-21-12)17(20)16-13(2)18-15(22-16)10-14-6-4-3-5-7-14/h3-7,12H,8-11H2,1-2H3. The molecule has 1 aliphatic heterocycles. The summed E-state index contributed by atoms with van der Waals surface area (Å²) in [7, 11) is 0. The fourth-order valence-electron chi connectivity index (χ4n) is 2.64. The van der Waals surface area contributed by atoms with Crippen molar-refractivity contribution >= 4 is 17.2 Å². The van der Waals surface area contributed by atoms with E-state index in [1.165, 1.54) is 16.9 Å². The zero-order chi connectivity index (χ0) is 15.5. The first-order chi connectivity index (χ1) is 10.6. The summed E-state index contributed by atoms with van der Waals surface area (Å²) in [6.45, 7) is 5.85. The van der Waals surface area contributed by atoms with E-state index in [9.17, 15) is 4.79 Å². The van der Waals surface area contributed by atoms with Crippen LogP contribution in [0.3, 0.4) is 0 Å². The minimum atomic E-state index is 0.0875. The molecule has 1 aromatic carbocycles. The van der Waals surface area contributed by atoms with Gasteiger partial charge in [0.2, 0.25) is 0 Å². The van der Waals surface area contributed by atoms with E-state index in [4.69, 9.17) is 4.74 Å². The van der Waals surface area contributed by atoms with Crippen molar-refractivity contribution in [2.45, 2.75) is 26.4 Å². The Labute approximate surface area is 134 Å². The van der Waals surface area contributed by atoms with Crippen LogP contribution in [0.25, 0.3) is 0 Å². The van der Waals surface area contributed by atoms with Crippen molar-refractivity contribution in [3.8, 4) is 0 Å². The van der Waals surface area contributed by atoms with Crippen molar-refractivity contribution in [1.29, 1.82) is 0 Å². The van der Waals surface area contributed by atoms with Gasteiger partial charge in [-0.15, -0.1) is 11.3 Å². The molecule has 5 heteroatoms. The van der Waals surface area contributed by atoms with Crippen LogP contribution < -0.4 is 0 Å². The van der Waals surface area contributed by atoms with Crippen molar-refractivity contribution < 1.29 is 9.53 Å². The van der Waals surface area contributed by atoms with Crippen LogP contribution in [0.5, 0.6) is 0 Å². The summed E-state index contributed by atoms with van der Waals surface area (Å²) in [4.78, 5) is 19.9. The number of thiazole rings is 1. The molecule has 4 nitrogen and oxygen atoms in total. The van der Waals surface area contributed by atoms with Crippen molar-refractivity contribution in [1.82, 2.24) is 9.88 Å². The highest BCUT2D eigenvalue weighted by molar-refractivity contribution is 7.13. The molecule has 0 spiro atoms. The fourth-order valence-corrected chi connectivity index (χ4v) is 3.71. The third-order valence-corrected chi connectivity index (χ3v) is 4.91. The van der Waals surface area contributed by atoms with Crippen LogP contribution in [0.4, 0.5) is 0 Å². The van der Waals surface area contributed by atoms with Gasteiger partial charge in [0.1, 0.15) is 4.88 Å². The van der Waals surface area contributed by atoms with Crippen molar-refractivity contribution in [2.24, 2.45) is 0 Å². The van der Waals surface area contributed by atoms with Crippen molar-refractivity contribution in [3.05, 3.63) is 51.5 Å². The van der Waals surface area contributed by atoms with Gasteiger partial charge in [-0.1, -0.05) is 30.3 Å². The van der Waals surface area contributed by atoms with Gasteiger partial charge in [0.15, 0.2) is 0 Å². The van der Waals surface area contributed by atoms with Crippen LogP contribution in [0.15, 0.2) is 30.3 Å². The van der Waals surface area contributed by atoms with Crippen LogP contribution in [0.2, 0.25) is 0 Å². The van der Waals surface area contributed by atoms with Crippen LogP contribution >= 0.6 is 11.3 Å². The van der Waals surface area contributed by atoms with Crippen LogP contribution in [0, 0.1) is 6.92 Å². The van der Waals surface area contributed by atoms with E-state index in [0.29, 0.717) is 19.7 Å². The second kappa shape index (κ2) is 6.58. The monoisotopic (exact) mass is 316 g/mol. The number of hydrogen-bond acceptors (Lipinski definition) is 4. The zero-order valence-electron chi connectivity index (χ0n) is 12.9. The molecule has 0 bridgehead atoms. The van der Waals surface area contributed by atoms with Crippen LogP contribution in [0.1, 0.15) is 32.9 Å². The Hall–Kier alpha value is -1.72. The summed E-state index contributed by atoms with van der Waals surface area (Å²) in [6.07, 6.45) is 0.883. The first kappa shape index (κ1) is 15.2. The molecule has 1 amide bonds. The molecule has 2 heterocycles. The summed E-state index contributed by atoms with van der Waals surface area (Å²) < 4.78 is 5.50. The number of aromatic nitrogens is 1. The molecular formula is C17H20N2O2S. The number of amides is 1. The molecule has 0 radical (unpaired) electrons. The summed E-state index contributed by atoms with van der Waals surface area (Å²) >= 11 is 1.51. The SMILES string of the molecule is Cc1nc(Cc2ccccc2)sc1C(=O)N1CCOC(C)C1. The van der Waals surface area contributed by atoms with Gasteiger partial charge in [-0.3, -0.25) is 4.79 Å². The molecule has 1 aliphatic rings. The number of ether oxygens (including phenoxy) is 1. The van der Waals surface area contributed by atoms with E-state index in [2.05, 4.69) is 17.1 Å². The van der Waals surface area contributed by atoms with E-state index in [1.807, 2.05) is 36.9 Å². The van der Waals surface area contributed by atoms with Gasteiger partial charge < -0.3 is 9.64 Å². The van der Waals surface area contributed by atoms with E-state index >= 15 is 0 Å². The highest BCUT2D eigenvalue weighted by Crippen LogP contribution is 2.23. The Morgan fingerprint density at radius 1 is 1.41 bits per heavy atom. The largest absolute Gasteiger partial charge is 0.375 e. The molecule has 1 aromatic heterocycles. The average Bonchev–Trinajstić information content (AvgIpc) is 2.88. The smallest absolute Gasteiger partial charge is 0.266 e. The number of carbonyl (C=O) groups is 1. The van der Waals surface area contributed by atoms with E-state index in [1.54, 1.807) is 0 Å². The van der Waals surface area contributed by atoms with Crippen molar-refractivity contribution in [2.75, 3.05) is 19.7 Å². The molecule has 1 unspecified atom stereocenters. The number of hydrogen-bond donors (Lipinski definition) is 0. The number of rotatable bonds is 3. The Kier molecular flexibility index (Phi) is 4.55. The minimum absolute atomic E-state index is 0.0875. The topological polar surface area (TPSA) is 42.4 Å². The van der Waals surface area contributed by atoms with E-state index in [-0.39, 0.29) is 12.0 Å². The molecule has 0 N–H and O–H groups in total. The minimum Gasteiger partial charge on any atom is -0.375 e. The summed E-state index contributed by atoms with van der Waals surface area (Å²) in [5, 5.41) is 0.994. The molecule has 116 valence electrons. The zero-order valence-corrected chi connectivity index (χ0v) is 13.7. The predicted molar refractivity (Wildman–Crippen MR) is 87.4 cm³/mol. The number of aryl methyl sites for hydroxylation is 1. The van der Waals surface area contributed by atoms with Gasteiger partial charge in [0.05, 0.1) is 23.4 Å². The Morgan fingerprint density at radius 3 is 2.91 bits per heavy atom. The Balaban J connectivity index is 1.75. The number of morpholine rings is 1. The number of carbonyl (C=O) groups excluding carboxylic acids is 1. The average molecular weight is 316 g/mol. The third kappa shape index (κ3) is 3.36. The quantitative estimate of drug-likeness (QED) is 0.874. The molecule has 22 heavy (non-hydrogen) atoms. The van der Waals surface area contributed by atoms with Gasteiger partial charge in [-0.05, 0) is 19.4 Å². The summed E-state index contributed by atoms with van der Waals surface area (Å²) in [5.74, 6) is 0.0875. The highest BCUT2D eigenvalue weighted by Gasteiger charge is 2.25. The lowest BCUT2D eigenvalue weighted by Crippen LogP contribution is -2.44. The van der Waals surface area contributed by atoms with Crippen molar-refractivity contribution in [3.63, 3.8) is 0 Å². The van der Waals surface area contributed by atoms with E-state index in [0.717, 1.165) is 22.0 Å². The first-order valence-corrected chi connectivity index (χ1v) is 8.36. The van der Waals surface area contributed by atoms with Gasteiger partial charge in [0, 0.05) is 19.5 Å². The lowest BCUT2D eigenvalue weighted by atomic mass is 10.2. The Bertz CT molecular complexity index is 654. The number of nitrogens with zero attached hydrogens (tertiary/aromatic N) is 2. The van der Waals surface area contributed by atoms with Gasteiger partial charge in [0.25, 0.3) is 5.91 Å². The Morgan fingerprint density at radius 2 is 2.18 bits per heavy atom. The first-order valence-electron chi connectivity index (χ1n) is 7.54. The lowest BCUT2D eigenvalue weighted by molar-refractivity contribution is -0.0122. The molecule has 3 rings (SSSR count). The second-order valence-electron chi connectivity index (χ2n) is 5.62. The maximum absolute atomic E-state index is 12.7. The van der Waals surface area contributed by atoms with E-state index < -0.39 is 0 Å². The van der Waals surface area contributed by atoms with Gasteiger partial charge in [-0.2, -0.15) is 0 Å². The van der Waals surface area contributed by atoms with Gasteiger partial charge in [-0.25, -0.2) is 4.98 Å². The summed E-state index contributed by atoms with van der Waals surface area (Å²) in [6, 6.07) is 10.2. The molecule has 2 aromatic rings. The molecular weight excluding hydrogens is 296 g/mol. The normalized spacial score (nSPS) is 18.5. The predicted octanol–water partition coefficient (Wildman–Crippen LogP) is 2.90. The molecule has 0 aliphatic carbocycles.